The van der Waals surface area contributed by atoms with E-state index in [1.165, 1.54) is 41.9 Å². The lowest BCUT2D eigenvalue weighted by Crippen LogP contribution is -2.34. The summed E-state index contributed by atoms with van der Waals surface area (Å²) in [6, 6.07) is 15.1. The number of imidazole rings is 1. The number of rotatable bonds is 3. The van der Waals surface area contributed by atoms with Gasteiger partial charge in [-0.3, -0.25) is 19.1 Å². The number of pyridine rings is 1. The number of carbonyl (C=O) groups excluding carboxylic acids is 1. The number of ether oxygens (including phenoxy) is 1. The summed E-state index contributed by atoms with van der Waals surface area (Å²) in [7, 11) is 1.27. The molecular formula is C25H17N5O5. The molecule has 172 valence electrons. The number of fused-ring (bicyclic) bond motifs is 3. The Morgan fingerprint density at radius 1 is 1.17 bits per heavy atom. The molecule has 35 heavy (non-hydrogen) atoms. The molecule has 0 saturated carbocycles. The first-order valence-corrected chi connectivity index (χ1v) is 10.4. The molecule has 5 rings (SSSR count). The Morgan fingerprint density at radius 3 is 2.57 bits per heavy atom. The van der Waals surface area contributed by atoms with Gasteiger partial charge >= 0.3 is 5.97 Å². The number of nitriles is 1. The molecule has 5 aromatic rings. The van der Waals surface area contributed by atoms with Crippen molar-refractivity contribution in [3.63, 3.8) is 0 Å². The van der Waals surface area contributed by atoms with Crippen LogP contribution in [0.2, 0.25) is 0 Å². The number of hydrogen-bond donors (Lipinski definition) is 2. The molecule has 0 fully saturated rings. The minimum atomic E-state index is -0.646. The van der Waals surface area contributed by atoms with E-state index in [1.54, 1.807) is 31.2 Å². The molecule has 0 aliphatic rings. The number of para-hydroxylation sites is 2. The molecular weight excluding hydrogens is 450 g/mol. The van der Waals surface area contributed by atoms with Crippen LogP contribution in [0.15, 0.2) is 58.1 Å². The number of nitrogens with zero attached hydrogens (tertiary/aromatic N) is 4. The van der Waals surface area contributed by atoms with Gasteiger partial charge in [0.05, 0.1) is 35.0 Å². The molecule has 0 spiro atoms. The van der Waals surface area contributed by atoms with Gasteiger partial charge in [-0.05, 0) is 55.0 Å². The number of H-pyrrole nitrogens is 1. The zero-order chi connectivity index (χ0) is 24.9. The Bertz CT molecular complexity index is 1870. The predicted molar refractivity (Wildman–Crippen MR) is 127 cm³/mol. The summed E-state index contributed by atoms with van der Waals surface area (Å²) in [5.41, 5.74) is 1.25. The summed E-state index contributed by atoms with van der Waals surface area (Å²) < 4.78 is 7.14. The lowest BCUT2D eigenvalue weighted by Gasteiger charge is -2.05. The zero-order valence-corrected chi connectivity index (χ0v) is 18.6. The van der Waals surface area contributed by atoms with Crippen LogP contribution in [0.5, 0.6) is 5.88 Å². The summed E-state index contributed by atoms with van der Waals surface area (Å²) in [5.74, 6) is -0.960. The van der Waals surface area contributed by atoms with Crippen molar-refractivity contribution < 1.29 is 14.6 Å². The second kappa shape index (κ2) is 8.00. The second-order valence-corrected chi connectivity index (χ2v) is 7.79. The summed E-state index contributed by atoms with van der Waals surface area (Å²) in [4.78, 5) is 42.3. The van der Waals surface area contributed by atoms with Crippen molar-refractivity contribution in [2.45, 2.75) is 6.92 Å². The lowest BCUT2D eigenvalue weighted by atomic mass is 10.1. The van der Waals surface area contributed by atoms with Gasteiger partial charge in [0.2, 0.25) is 5.88 Å². The first-order valence-electron chi connectivity index (χ1n) is 10.4. The van der Waals surface area contributed by atoms with E-state index < -0.39 is 23.0 Å². The van der Waals surface area contributed by atoms with Gasteiger partial charge in [-0.25, -0.2) is 14.5 Å². The van der Waals surface area contributed by atoms with E-state index >= 15 is 0 Å². The van der Waals surface area contributed by atoms with Gasteiger partial charge in [-0.2, -0.15) is 5.26 Å². The monoisotopic (exact) mass is 467 g/mol. The molecule has 0 unspecified atom stereocenters. The molecule has 10 heteroatoms. The van der Waals surface area contributed by atoms with E-state index in [0.29, 0.717) is 27.8 Å². The molecule has 0 amide bonds. The number of nitrogens with one attached hydrogen (secondary N) is 1. The van der Waals surface area contributed by atoms with E-state index in [-0.39, 0.29) is 22.0 Å². The van der Waals surface area contributed by atoms with Crippen LogP contribution < -0.4 is 16.3 Å². The Kier molecular flexibility index (Phi) is 4.95. The molecule has 3 heterocycles. The van der Waals surface area contributed by atoms with Gasteiger partial charge < -0.3 is 9.84 Å². The van der Waals surface area contributed by atoms with Crippen molar-refractivity contribution in [2.24, 2.45) is 0 Å². The average Bonchev–Trinajstić information content (AvgIpc) is 3.39. The fourth-order valence-corrected chi connectivity index (χ4v) is 4.05. The number of hydrogen-bond acceptors (Lipinski definition) is 7. The van der Waals surface area contributed by atoms with Crippen LogP contribution in [0.1, 0.15) is 27.0 Å². The Labute approximate surface area is 196 Å². The van der Waals surface area contributed by atoms with Crippen LogP contribution in [-0.4, -0.2) is 37.4 Å². The summed E-state index contributed by atoms with van der Waals surface area (Å²) in [6.07, 6.45) is 1.26. The third-order valence-corrected chi connectivity index (χ3v) is 5.85. The van der Waals surface area contributed by atoms with Gasteiger partial charge in [0.1, 0.15) is 11.6 Å². The maximum atomic E-state index is 13.5. The topological polar surface area (TPSA) is 142 Å². The molecule has 3 aromatic heterocycles. The predicted octanol–water partition coefficient (Wildman–Crippen LogP) is 1.55. The van der Waals surface area contributed by atoms with E-state index in [4.69, 9.17) is 0 Å². The number of esters is 1. The summed E-state index contributed by atoms with van der Waals surface area (Å²) in [5, 5.41) is 23.2. The highest BCUT2D eigenvalue weighted by Crippen LogP contribution is 2.21. The van der Waals surface area contributed by atoms with Crippen LogP contribution in [0.3, 0.4) is 0 Å². The standard InChI is InChI=1S/C25H17N5O5/c1-13-16(23(32)29-20-6-4-3-5-19(20)27-21(29)18(13)12-26)11-17-22(31)28-30(24(17)33)15-9-7-14(8-10-15)25(34)35-2/h3-11,33H,1-2H3,(H,28,31)/b16-11-. The normalized spacial score (nSPS) is 11.7. The summed E-state index contributed by atoms with van der Waals surface area (Å²) >= 11 is 0. The molecule has 2 aromatic carbocycles. The van der Waals surface area contributed by atoms with Crippen molar-refractivity contribution in [2.75, 3.05) is 7.11 Å². The molecule has 2 N–H and O–H groups in total. The molecule has 0 saturated heterocycles. The fraction of sp³-hybridized carbons (Fsp3) is 0.0800. The van der Waals surface area contributed by atoms with Crippen molar-refractivity contribution in [3.8, 4) is 17.6 Å². The quantitative estimate of drug-likeness (QED) is 0.383. The number of aromatic nitrogens is 4. The summed E-state index contributed by atoms with van der Waals surface area (Å²) in [6.45, 7) is 1.60. The first-order chi connectivity index (χ1) is 16.8. The van der Waals surface area contributed by atoms with Crippen LogP contribution in [-0.2, 0) is 4.74 Å². The van der Waals surface area contributed by atoms with E-state index in [0.717, 1.165) is 4.68 Å². The maximum Gasteiger partial charge on any atom is 0.337 e. The van der Waals surface area contributed by atoms with Gasteiger partial charge in [0.25, 0.3) is 11.1 Å². The Morgan fingerprint density at radius 2 is 1.89 bits per heavy atom. The number of methoxy groups -OCH3 is 1. The van der Waals surface area contributed by atoms with Crippen molar-refractivity contribution in [3.05, 3.63) is 96.7 Å². The highest BCUT2D eigenvalue weighted by atomic mass is 16.5. The van der Waals surface area contributed by atoms with Crippen LogP contribution >= 0.6 is 0 Å². The molecule has 0 aliphatic carbocycles. The van der Waals surface area contributed by atoms with Gasteiger partial charge in [0, 0.05) is 5.22 Å². The number of aromatic amines is 1. The highest BCUT2D eigenvalue weighted by molar-refractivity contribution is 5.89. The van der Waals surface area contributed by atoms with E-state index in [1.807, 2.05) is 0 Å². The second-order valence-electron chi connectivity index (χ2n) is 7.79. The van der Waals surface area contributed by atoms with Gasteiger partial charge in [-0.15, -0.1) is 0 Å². The Balaban J connectivity index is 1.75. The Hall–Kier alpha value is -5.17. The minimum absolute atomic E-state index is 0.0804. The van der Waals surface area contributed by atoms with Crippen LogP contribution in [0, 0.1) is 18.3 Å². The maximum absolute atomic E-state index is 13.5. The number of aromatic hydroxyl groups is 1. The van der Waals surface area contributed by atoms with Crippen LogP contribution in [0.4, 0.5) is 0 Å². The van der Waals surface area contributed by atoms with Gasteiger partial charge in [-0.1, -0.05) is 12.1 Å². The molecule has 0 bridgehead atoms. The average molecular weight is 467 g/mol. The SMILES string of the molecule is COC(=O)c1ccc(-n2[nH]c(=O)c(/C=c3/c(C)c(C#N)c4nc5ccccc5n4c3=O)c2O)cc1. The van der Waals surface area contributed by atoms with Crippen molar-refractivity contribution in [1.82, 2.24) is 19.2 Å². The van der Waals surface area contributed by atoms with Crippen molar-refractivity contribution >= 4 is 28.7 Å². The molecule has 0 atom stereocenters. The fourth-order valence-electron chi connectivity index (χ4n) is 4.05. The lowest BCUT2D eigenvalue weighted by molar-refractivity contribution is 0.0600. The molecule has 0 radical (unpaired) electrons. The smallest absolute Gasteiger partial charge is 0.337 e. The van der Waals surface area contributed by atoms with Crippen LogP contribution in [0.25, 0.3) is 28.4 Å². The first kappa shape index (κ1) is 21.7. The zero-order valence-electron chi connectivity index (χ0n) is 18.6. The van der Waals surface area contributed by atoms with E-state index in [9.17, 15) is 24.8 Å². The molecule has 10 nitrogen and oxygen atoms in total. The van der Waals surface area contributed by atoms with Gasteiger partial charge in [0.15, 0.2) is 5.65 Å². The highest BCUT2D eigenvalue weighted by Gasteiger charge is 2.19. The van der Waals surface area contributed by atoms with Crippen molar-refractivity contribution in [1.29, 1.82) is 5.26 Å². The number of carbonyl (C=O) groups is 1. The third-order valence-electron chi connectivity index (χ3n) is 5.85. The molecule has 0 aliphatic heterocycles. The largest absolute Gasteiger partial charge is 0.493 e. The number of benzene rings is 2. The minimum Gasteiger partial charge on any atom is -0.493 e. The third kappa shape index (κ3) is 3.26. The van der Waals surface area contributed by atoms with E-state index in [2.05, 4.69) is 20.9 Å².